The molecule has 0 radical (unpaired) electrons. The Hall–Kier alpha value is -1.16. The zero-order chi connectivity index (χ0) is 15.3. The number of amides is 1. The van der Waals surface area contributed by atoms with Gasteiger partial charge in [-0.3, -0.25) is 4.79 Å². The van der Waals surface area contributed by atoms with Crippen LogP contribution in [0.1, 0.15) is 55.9 Å². The van der Waals surface area contributed by atoms with Gasteiger partial charge in [0, 0.05) is 11.9 Å². The first-order chi connectivity index (χ1) is 9.29. The van der Waals surface area contributed by atoms with Gasteiger partial charge in [-0.25, -0.2) is 0 Å². The molecule has 1 N–H and O–H groups in total. The second-order valence-corrected chi connectivity index (χ2v) is 6.45. The van der Waals surface area contributed by atoms with Crippen molar-refractivity contribution in [2.45, 2.75) is 53.5 Å². The quantitative estimate of drug-likeness (QED) is 0.850. The smallest absolute Gasteiger partial charge is 0.253 e. The summed E-state index contributed by atoms with van der Waals surface area (Å²) >= 11 is 5.84. The highest BCUT2D eigenvalue weighted by atomic mass is 35.5. The summed E-state index contributed by atoms with van der Waals surface area (Å²) in [5, 5.41) is 11.2. The average molecular weight is 298 g/mol. The van der Waals surface area contributed by atoms with Crippen LogP contribution in [0.2, 0.25) is 0 Å². The van der Waals surface area contributed by atoms with Gasteiger partial charge in [0.2, 0.25) is 0 Å². The highest BCUT2D eigenvalue weighted by Crippen LogP contribution is 2.23. The molecule has 1 aromatic heterocycles. The third-order valence-corrected chi connectivity index (χ3v) is 3.54. The third kappa shape index (κ3) is 4.44. The Morgan fingerprint density at radius 1 is 1.40 bits per heavy atom. The van der Waals surface area contributed by atoms with Crippen molar-refractivity contribution in [2.24, 2.45) is 5.41 Å². The Bertz CT molecular complexity index is 469. The summed E-state index contributed by atoms with van der Waals surface area (Å²) in [7, 11) is 0. The van der Waals surface area contributed by atoms with E-state index >= 15 is 0 Å². The number of aryl methyl sites for hydroxylation is 2. The minimum absolute atomic E-state index is 0.0330. The molecule has 0 aliphatic rings. The number of rotatable bonds is 5. The van der Waals surface area contributed by atoms with Crippen LogP contribution in [0, 0.1) is 12.3 Å². The molecule has 20 heavy (non-hydrogen) atoms. The van der Waals surface area contributed by atoms with Gasteiger partial charge in [0.1, 0.15) is 0 Å². The molecule has 0 spiro atoms. The summed E-state index contributed by atoms with van der Waals surface area (Å²) in [4.78, 5) is 12.5. The van der Waals surface area contributed by atoms with Gasteiger partial charge < -0.3 is 5.32 Å². The third-order valence-electron chi connectivity index (χ3n) is 3.32. The monoisotopic (exact) mass is 297 g/mol. The zero-order valence-corrected chi connectivity index (χ0v) is 13.7. The Labute approximate surface area is 126 Å². The van der Waals surface area contributed by atoms with Crippen LogP contribution in [0.5, 0.6) is 0 Å². The van der Waals surface area contributed by atoms with E-state index in [9.17, 15) is 4.79 Å². The molecule has 0 saturated heterocycles. The number of aromatic nitrogens is 2. The van der Waals surface area contributed by atoms with Crippen molar-refractivity contribution in [2.75, 3.05) is 5.88 Å². The van der Waals surface area contributed by atoms with Crippen molar-refractivity contribution in [3.8, 4) is 0 Å². The first-order valence-electron chi connectivity index (χ1n) is 6.99. The molecular formula is C15H24ClN3O. The predicted octanol–water partition coefficient (Wildman–Crippen LogP) is 3.12. The van der Waals surface area contributed by atoms with E-state index in [0.29, 0.717) is 17.9 Å². The van der Waals surface area contributed by atoms with Crippen LogP contribution in [0.25, 0.3) is 0 Å². The van der Waals surface area contributed by atoms with Crippen molar-refractivity contribution < 1.29 is 4.79 Å². The topological polar surface area (TPSA) is 54.9 Å². The van der Waals surface area contributed by atoms with E-state index in [1.807, 2.05) is 13.8 Å². The van der Waals surface area contributed by atoms with Gasteiger partial charge in [-0.15, -0.1) is 11.6 Å². The highest BCUT2D eigenvalue weighted by Gasteiger charge is 2.26. The number of alkyl halides is 1. The lowest BCUT2D eigenvalue weighted by atomic mass is 9.85. The van der Waals surface area contributed by atoms with E-state index in [-0.39, 0.29) is 17.4 Å². The predicted molar refractivity (Wildman–Crippen MR) is 82.2 cm³/mol. The largest absolute Gasteiger partial charge is 0.349 e. The number of carbonyl (C=O) groups excluding carboxylic acids is 1. The SMILES string of the molecule is CCc1nnc(C)cc1C(=O)NC(CCCl)C(C)(C)C. The fraction of sp³-hybridized carbons (Fsp3) is 0.667. The Kier molecular flexibility index (Phi) is 5.93. The summed E-state index contributed by atoms with van der Waals surface area (Å²) < 4.78 is 0. The van der Waals surface area contributed by atoms with E-state index in [2.05, 4.69) is 36.3 Å². The molecule has 0 aromatic carbocycles. The Balaban J connectivity index is 2.97. The summed E-state index contributed by atoms with van der Waals surface area (Å²) in [6, 6.07) is 1.83. The van der Waals surface area contributed by atoms with Gasteiger partial charge in [-0.05, 0) is 31.2 Å². The molecule has 1 amide bonds. The summed E-state index contributed by atoms with van der Waals surface area (Å²) in [6.07, 6.45) is 1.43. The molecule has 1 rings (SSSR count). The summed E-state index contributed by atoms with van der Waals surface area (Å²) in [5.41, 5.74) is 2.05. The molecule has 0 aliphatic carbocycles. The molecule has 1 aromatic rings. The van der Waals surface area contributed by atoms with Gasteiger partial charge in [0.25, 0.3) is 5.91 Å². The molecule has 112 valence electrons. The van der Waals surface area contributed by atoms with Crippen molar-refractivity contribution in [3.05, 3.63) is 23.0 Å². The maximum Gasteiger partial charge on any atom is 0.253 e. The number of hydrogen-bond acceptors (Lipinski definition) is 3. The molecule has 0 bridgehead atoms. The second-order valence-electron chi connectivity index (χ2n) is 6.07. The standard InChI is InChI=1S/C15H24ClN3O/c1-6-12-11(9-10(2)18-19-12)14(20)17-13(7-8-16)15(3,4)5/h9,13H,6-8H2,1-5H3,(H,17,20). The lowest BCUT2D eigenvalue weighted by Crippen LogP contribution is -2.44. The number of nitrogens with zero attached hydrogens (tertiary/aromatic N) is 2. The molecule has 1 heterocycles. The van der Waals surface area contributed by atoms with Gasteiger partial charge in [-0.1, -0.05) is 27.7 Å². The molecule has 0 fully saturated rings. The lowest BCUT2D eigenvalue weighted by molar-refractivity contribution is 0.0898. The van der Waals surface area contributed by atoms with Crippen molar-refractivity contribution in [1.82, 2.24) is 15.5 Å². The number of halogens is 1. The van der Waals surface area contributed by atoms with E-state index < -0.39 is 0 Å². The Morgan fingerprint density at radius 3 is 2.55 bits per heavy atom. The van der Waals surface area contributed by atoms with Crippen LogP contribution in [0.4, 0.5) is 0 Å². The van der Waals surface area contributed by atoms with Crippen LogP contribution in [-0.2, 0) is 6.42 Å². The van der Waals surface area contributed by atoms with Crippen LogP contribution < -0.4 is 5.32 Å². The van der Waals surface area contributed by atoms with Crippen molar-refractivity contribution in [3.63, 3.8) is 0 Å². The lowest BCUT2D eigenvalue weighted by Gasteiger charge is -2.31. The molecule has 0 aliphatic heterocycles. The normalized spacial score (nSPS) is 13.1. The molecule has 4 nitrogen and oxygen atoms in total. The van der Waals surface area contributed by atoms with E-state index in [1.54, 1.807) is 6.07 Å². The molecule has 0 saturated carbocycles. The number of nitrogens with one attached hydrogen (secondary N) is 1. The van der Waals surface area contributed by atoms with Crippen molar-refractivity contribution >= 4 is 17.5 Å². The first-order valence-corrected chi connectivity index (χ1v) is 7.53. The molecular weight excluding hydrogens is 274 g/mol. The second kappa shape index (κ2) is 7.02. The summed E-state index contributed by atoms with van der Waals surface area (Å²) in [6.45, 7) is 10.1. The maximum absolute atomic E-state index is 12.5. The van der Waals surface area contributed by atoms with Gasteiger partial charge >= 0.3 is 0 Å². The van der Waals surface area contributed by atoms with Gasteiger partial charge in [0.05, 0.1) is 17.0 Å². The first kappa shape index (κ1) is 16.9. The minimum Gasteiger partial charge on any atom is -0.349 e. The molecule has 1 unspecified atom stereocenters. The molecule has 1 atom stereocenters. The summed E-state index contributed by atoms with van der Waals surface area (Å²) in [5.74, 6) is 0.432. The fourth-order valence-electron chi connectivity index (χ4n) is 2.04. The van der Waals surface area contributed by atoms with E-state index in [1.165, 1.54) is 0 Å². The van der Waals surface area contributed by atoms with Crippen LogP contribution in [0.3, 0.4) is 0 Å². The molecule has 5 heteroatoms. The number of carbonyl (C=O) groups is 1. The highest BCUT2D eigenvalue weighted by molar-refractivity contribution is 6.17. The van der Waals surface area contributed by atoms with Crippen LogP contribution >= 0.6 is 11.6 Å². The van der Waals surface area contributed by atoms with Gasteiger partial charge in [-0.2, -0.15) is 10.2 Å². The zero-order valence-electron chi connectivity index (χ0n) is 13.0. The average Bonchev–Trinajstić information content (AvgIpc) is 2.37. The minimum atomic E-state index is -0.0927. The van der Waals surface area contributed by atoms with E-state index in [4.69, 9.17) is 11.6 Å². The van der Waals surface area contributed by atoms with E-state index in [0.717, 1.165) is 17.8 Å². The fourth-order valence-corrected chi connectivity index (χ4v) is 2.26. The Morgan fingerprint density at radius 2 is 2.05 bits per heavy atom. The van der Waals surface area contributed by atoms with Crippen LogP contribution in [0.15, 0.2) is 6.07 Å². The maximum atomic E-state index is 12.5. The number of hydrogen-bond donors (Lipinski definition) is 1. The van der Waals surface area contributed by atoms with Gasteiger partial charge in [0.15, 0.2) is 0 Å². The van der Waals surface area contributed by atoms with Crippen LogP contribution in [-0.4, -0.2) is 28.0 Å². The van der Waals surface area contributed by atoms with Crippen molar-refractivity contribution in [1.29, 1.82) is 0 Å².